The fraction of sp³-hybridized carbons (Fsp3) is 0.444. The van der Waals surface area contributed by atoms with Crippen LogP contribution in [0.15, 0.2) is 12.2 Å². The van der Waals surface area contributed by atoms with Crippen LogP contribution in [0.3, 0.4) is 0 Å². The first-order valence-electron chi connectivity index (χ1n) is 4.66. The molecule has 2 aliphatic rings. The lowest BCUT2D eigenvalue weighted by Gasteiger charge is -2.31. The van der Waals surface area contributed by atoms with E-state index in [0.29, 0.717) is 6.54 Å². The number of esters is 2. The zero-order valence-electron chi connectivity index (χ0n) is 8.25. The Morgan fingerprint density at radius 1 is 1.19 bits per heavy atom. The molecule has 0 saturated carbocycles. The van der Waals surface area contributed by atoms with Crippen LogP contribution in [0.5, 0.6) is 0 Å². The number of carbonyl (C=O) groups excluding carboxylic acids is 3. The third kappa shape index (κ3) is 2.37. The van der Waals surface area contributed by atoms with Crippen molar-refractivity contribution in [3.8, 4) is 0 Å². The highest BCUT2D eigenvalue weighted by Gasteiger charge is 2.29. The van der Waals surface area contributed by atoms with E-state index in [1.165, 1.54) is 4.90 Å². The van der Waals surface area contributed by atoms with Gasteiger partial charge in [0, 0.05) is 18.7 Å². The van der Waals surface area contributed by atoms with Gasteiger partial charge >= 0.3 is 18.0 Å². The second-order valence-corrected chi connectivity index (χ2v) is 3.20. The number of amides is 1. The van der Waals surface area contributed by atoms with Crippen molar-refractivity contribution in [2.45, 2.75) is 6.29 Å². The normalized spacial score (nSPS) is 28.1. The maximum atomic E-state index is 11.4. The van der Waals surface area contributed by atoms with Crippen molar-refractivity contribution >= 4 is 18.0 Å². The molecule has 0 aliphatic carbocycles. The third-order valence-electron chi connectivity index (χ3n) is 2.08. The highest BCUT2D eigenvalue weighted by molar-refractivity contribution is 5.96. The van der Waals surface area contributed by atoms with E-state index in [1.807, 2.05) is 0 Å². The number of fused-ring (bicyclic) bond motifs is 2. The number of carbonyl (C=O) groups is 3. The molecule has 1 fully saturated rings. The molecule has 1 unspecified atom stereocenters. The minimum Gasteiger partial charge on any atom is -0.431 e. The van der Waals surface area contributed by atoms with Crippen LogP contribution in [0.2, 0.25) is 0 Å². The van der Waals surface area contributed by atoms with Gasteiger partial charge in [0.15, 0.2) is 0 Å². The second kappa shape index (κ2) is 4.31. The lowest BCUT2D eigenvalue weighted by Crippen LogP contribution is -2.48. The van der Waals surface area contributed by atoms with Crippen molar-refractivity contribution in [1.29, 1.82) is 0 Å². The average Bonchev–Trinajstić information content (AvgIpc) is 2.26. The maximum Gasteiger partial charge on any atom is 0.418 e. The summed E-state index contributed by atoms with van der Waals surface area (Å²) < 4.78 is 14.4. The summed E-state index contributed by atoms with van der Waals surface area (Å²) in [7, 11) is 0. The van der Waals surface area contributed by atoms with Crippen LogP contribution in [0.4, 0.5) is 4.79 Å². The summed E-state index contributed by atoms with van der Waals surface area (Å²) in [6, 6.07) is 0. The number of cyclic esters (lactones) is 2. The van der Waals surface area contributed by atoms with Crippen molar-refractivity contribution in [2.24, 2.45) is 0 Å². The van der Waals surface area contributed by atoms with E-state index < -0.39 is 24.3 Å². The zero-order valence-corrected chi connectivity index (χ0v) is 8.25. The Morgan fingerprint density at radius 2 is 1.94 bits per heavy atom. The highest BCUT2D eigenvalue weighted by Crippen LogP contribution is 2.10. The summed E-state index contributed by atoms with van der Waals surface area (Å²) in [5.74, 6) is -1.61. The van der Waals surface area contributed by atoms with Crippen LogP contribution < -0.4 is 0 Å². The van der Waals surface area contributed by atoms with E-state index in [2.05, 4.69) is 4.74 Å². The van der Waals surface area contributed by atoms with Crippen molar-refractivity contribution in [1.82, 2.24) is 4.90 Å². The predicted octanol–water partition coefficient (Wildman–Crippen LogP) is -0.579. The number of hydrogen-bond acceptors (Lipinski definition) is 6. The van der Waals surface area contributed by atoms with E-state index >= 15 is 0 Å². The molecule has 7 nitrogen and oxygen atoms in total. The van der Waals surface area contributed by atoms with E-state index in [0.717, 1.165) is 12.2 Å². The molecule has 0 aromatic carbocycles. The minimum atomic E-state index is -0.896. The molecule has 1 saturated heterocycles. The Balaban J connectivity index is 2.18. The van der Waals surface area contributed by atoms with Crippen molar-refractivity contribution in [2.75, 3.05) is 19.7 Å². The van der Waals surface area contributed by atoms with Crippen LogP contribution in [0.25, 0.3) is 0 Å². The van der Waals surface area contributed by atoms with E-state index in [4.69, 9.17) is 9.47 Å². The van der Waals surface area contributed by atoms with Gasteiger partial charge in [-0.25, -0.2) is 14.4 Å². The Morgan fingerprint density at radius 3 is 2.75 bits per heavy atom. The van der Waals surface area contributed by atoms with Gasteiger partial charge in [0.2, 0.25) is 6.29 Å². The Labute approximate surface area is 90.5 Å². The molecule has 1 atom stereocenters. The molecule has 0 aromatic rings. The predicted molar refractivity (Wildman–Crippen MR) is 48.0 cm³/mol. The van der Waals surface area contributed by atoms with Crippen LogP contribution in [-0.2, 0) is 23.8 Å². The van der Waals surface area contributed by atoms with Gasteiger partial charge in [-0.15, -0.1) is 0 Å². The second-order valence-electron chi connectivity index (χ2n) is 3.20. The molecule has 1 amide bonds. The van der Waals surface area contributed by atoms with Gasteiger partial charge in [-0.05, 0) is 0 Å². The van der Waals surface area contributed by atoms with Crippen LogP contribution in [0.1, 0.15) is 0 Å². The van der Waals surface area contributed by atoms with Crippen molar-refractivity contribution in [3.63, 3.8) is 0 Å². The summed E-state index contributed by atoms with van der Waals surface area (Å²) in [6.07, 6.45) is 0.151. The average molecular weight is 227 g/mol. The lowest BCUT2D eigenvalue weighted by molar-refractivity contribution is -0.188. The first-order chi connectivity index (χ1) is 7.65. The third-order valence-corrected chi connectivity index (χ3v) is 2.08. The molecule has 0 aromatic heterocycles. The molecule has 2 rings (SSSR count). The van der Waals surface area contributed by atoms with Crippen molar-refractivity contribution < 1.29 is 28.6 Å². The zero-order chi connectivity index (χ0) is 11.5. The van der Waals surface area contributed by atoms with Gasteiger partial charge in [0.1, 0.15) is 0 Å². The number of ether oxygens (including phenoxy) is 3. The van der Waals surface area contributed by atoms with E-state index in [9.17, 15) is 14.4 Å². The van der Waals surface area contributed by atoms with Gasteiger partial charge in [0.05, 0.1) is 13.2 Å². The number of morpholine rings is 1. The summed E-state index contributed by atoms with van der Waals surface area (Å²) in [5, 5.41) is 0. The monoisotopic (exact) mass is 227 g/mol. The van der Waals surface area contributed by atoms with E-state index in [-0.39, 0.29) is 13.2 Å². The smallest absolute Gasteiger partial charge is 0.418 e. The molecule has 7 heteroatoms. The number of hydrogen-bond donors (Lipinski definition) is 0. The van der Waals surface area contributed by atoms with Gasteiger partial charge in [-0.1, -0.05) is 0 Å². The molecular weight excluding hydrogens is 218 g/mol. The molecular formula is C9H9NO6. The highest BCUT2D eigenvalue weighted by atomic mass is 16.7. The van der Waals surface area contributed by atoms with Gasteiger partial charge in [-0.2, -0.15) is 0 Å². The molecule has 16 heavy (non-hydrogen) atoms. The topological polar surface area (TPSA) is 82.1 Å². The summed E-state index contributed by atoms with van der Waals surface area (Å²) in [4.78, 5) is 34.8. The van der Waals surface area contributed by atoms with Gasteiger partial charge < -0.3 is 14.2 Å². The first kappa shape index (κ1) is 10.6. The summed E-state index contributed by atoms with van der Waals surface area (Å²) >= 11 is 0. The van der Waals surface area contributed by atoms with Gasteiger partial charge in [-0.3, -0.25) is 4.90 Å². The van der Waals surface area contributed by atoms with Crippen LogP contribution >= 0.6 is 0 Å². The molecule has 2 heterocycles. The lowest BCUT2D eigenvalue weighted by atomic mass is 10.4. The summed E-state index contributed by atoms with van der Waals surface area (Å²) in [6.45, 7) is 0.584. The molecule has 0 N–H and O–H groups in total. The largest absolute Gasteiger partial charge is 0.431 e. The Hall–Kier alpha value is -1.89. The quantitative estimate of drug-likeness (QED) is 0.407. The van der Waals surface area contributed by atoms with Gasteiger partial charge in [0.25, 0.3) is 0 Å². The molecule has 0 spiro atoms. The molecule has 2 aliphatic heterocycles. The minimum absolute atomic E-state index is 0.0612. The Bertz CT molecular complexity index is 363. The SMILES string of the molecule is O=C1/C=C/C(=O)OC2CN(CCO2)C(=O)O1. The summed E-state index contributed by atoms with van der Waals surface area (Å²) in [5.41, 5.74) is 0. The first-order valence-corrected chi connectivity index (χ1v) is 4.66. The standard InChI is InChI=1S/C9H9NO6/c11-6-1-2-7(12)16-9(13)10-3-4-14-8(5-10)15-6/h1-2,8H,3-5H2/b2-1+. The maximum absolute atomic E-state index is 11.4. The molecule has 86 valence electrons. The fourth-order valence-electron chi connectivity index (χ4n) is 1.34. The van der Waals surface area contributed by atoms with Crippen molar-refractivity contribution in [3.05, 3.63) is 12.2 Å². The Kier molecular flexibility index (Phi) is 2.86. The number of nitrogens with zero attached hydrogens (tertiary/aromatic N) is 1. The van der Waals surface area contributed by atoms with Crippen LogP contribution in [-0.4, -0.2) is 48.9 Å². The molecule has 0 radical (unpaired) electrons. The molecule has 2 bridgehead atoms. The van der Waals surface area contributed by atoms with Crippen LogP contribution in [0, 0.1) is 0 Å². The number of rotatable bonds is 0. The van der Waals surface area contributed by atoms with E-state index in [1.54, 1.807) is 0 Å². The fourth-order valence-corrected chi connectivity index (χ4v) is 1.34.